The largest absolute Gasteiger partial charge is 0.459 e. The highest BCUT2D eigenvalue weighted by Crippen LogP contribution is 2.56. The quantitative estimate of drug-likeness (QED) is 0.504. The number of carbonyl (C=O) groups is 3. The van der Waals surface area contributed by atoms with Crippen molar-refractivity contribution in [3.05, 3.63) is 71.8 Å². The van der Waals surface area contributed by atoms with Gasteiger partial charge in [0.25, 0.3) is 0 Å². The molecule has 0 aromatic heterocycles. The number of nitrogens with one attached hydrogen (secondary N) is 1. The van der Waals surface area contributed by atoms with Gasteiger partial charge in [-0.2, -0.15) is 11.8 Å². The fraction of sp³-hybridized carbons (Fsp3) is 0.400. The minimum Gasteiger partial charge on any atom is -0.459 e. The molecule has 2 amide bonds. The predicted octanol–water partition coefficient (Wildman–Crippen LogP) is 3.01. The van der Waals surface area contributed by atoms with Crippen LogP contribution in [0.1, 0.15) is 24.0 Å². The van der Waals surface area contributed by atoms with Crippen molar-refractivity contribution in [1.82, 2.24) is 10.2 Å². The molecule has 3 fully saturated rings. The van der Waals surface area contributed by atoms with E-state index in [0.717, 1.165) is 35.5 Å². The lowest BCUT2D eigenvalue weighted by atomic mass is 9.88. The topological polar surface area (TPSA) is 75.7 Å². The Morgan fingerprint density at radius 3 is 2.30 bits per heavy atom. The number of β-lactam (4-membered cyclic amide) rings is 1. The van der Waals surface area contributed by atoms with E-state index in [1.54, 1.807) is 16.7 Å². The first kappa shape index (κ1) is 22.3. The van der Waals surface area contributed by atoms with Crippen molar-refractivity contribution in [3.63, 3.8) is 0 Å². The van der Waals surface area contributed by atoms with Gasteiger partial charge >= 0.3 is 5.97 Å². The second kappa shape index (κ2) is 9.43. The summed E-state index contributed by atoms with van der Waals surface area (Å²) in [6.07, 6.45) is 1.92. The molecule has 172 valence electrons. The number of rotatable bonds is 6. The number of fused-ring (bicyclic) bond motifs is 1. The molecule has 5 rings (SSSR count). The van der Waals surface area contributed by atoms with Crippen LogP contribution in [-0.4, -0.2) is 56.4 Å². The van der Waals surface area contributed by atoms with Crippen LogP contribution >= 0.6 is 23.5 Å². The van der Waals surface area contributed by atoms with Crippen LogP contribution in [-0.2, 0) is 32.1 Å². The third kappa shape index (κ3) is 4.38. The Bertz CT molecular complexity index is 1030. The molecule has 0 saturated carbocycles. The standard InChI is InChI=1S/C25H26N2O4S2/c28-19(15-17-7-3-1-4-8-17)26-20-22(29)27-21(24(30)31-16-18-9-5-2-6-10-18)25(33-23(20)27)11-13-32-14-12-25/h1-10,20-21,23H,11-16H2,(H,26,28)/t20?,21?,23-/m0/s1. The molecule has 3 aliphatic heterocycles. The van der Waals surface area contributed by atoms with Crippen LogP contribution in [0.25, 0.3) is 0 Å². The molecule has 3 saturated heterocycles. The normalized spacial score (nSPS) is 25.3. The number of hydrogen-bond donors (Lipinski definition) is 1. The molecule has 0 bridgehead atoms. The molecule has 2 aromatic rings. The lowest BCUT2D eigenvalue weighted by Gasteiger charge is -2.44. The lowest BCUT2D eigenvalue weighted by Crippen LogP contribution is -2.71. The monoisotopic (exact) mass is 482 g/mol. The first-order valence-electron chi connectivity index (χ1n) is 11.2. The summed E-state index contributed by atoms with van der Waals surface area (Å²) < 4.78 is 5.35. The Balaban J connectivity index is 1.29. The highest BCUT2D eigenvalue weighted by molar-refractivity contribution is 8.02. The molecule has 2 aromatic carbocycles. The van der Waals surface area contributed by atoms with Gasteiger partial charge in [0, 0.05) is 0 Å². The maximum atomic E-state index is 13.3. The Labute approximate surface area is 201 Å². The van der Waals surface area contributed by atoms with Gasteiger partial charge in [0.05, 0.1) is 11.2 Å². The second-order valence-electron chi connectivity index (χ2n) is 8.63. The Morgan fingerprint density at radius 2 is 1.64 bits per heavy atom. The lowest BCUT2D eigenvalue weighted by molar-refractivity contribution is -0.165. The molecule has 33 heavy (non-hydrogen) atoms. The van der Waals surface area contributed by atoms with Gasteiger partial charge in [0.2, 0.25) is 11.8 Å². The Kier molecular flexibility index (Phi) is 6.38. The minimum absolute atomic E-state index is 0.178. The van der Waals surface area contributed by atoms with Crippen molar-refractivity contribution in [3.8, 4) is 0 Å². The third-order valence-corrected chi connectivity index (χ3v) is 9.35. The molecular formula is C25H26N2O4S2. The maximum Gasteiger partial charge on any atom is 0.330 e. The zero-order valence-electron chi connectivity index (χ0n) is 18.1. The molecule has 0 aliphatic carbocycles. The molecule has 3 aliphatic rings. The SMILES string of the molecule is O=C(Cc1ccccc1)NC1C(=O)N2C(C(=O)OCc3ccccc3)C3(CCSCC3)S[C@@H]12. The number of nitrogens with zero attached hydrogens (tertiary/aromatic N) is 1. The van der Waals surface area contributed by atoms with E-state index in [1.807, 2.05) is 72.4 Å². The number of ether oxygens (including phenoxy) is 1. The summed E-state index contributed by atoms with van der Waals surface area (Å²) >= 11 is 3.56. The van der Waals surface area contributed by atoms with Crippen molar-refractivity contribution >= 4 is 41.3 Å². The Hall–Kier alpha value is -2.45. The van der Waals surface area contributed by atoms with Crippen LogP contribution in [0.15, 0.2) is 60.7 Å². The van der Waals surface area contributed by atoms with Gasteiger partial charge < -0.3 is 15.0 Å². The molecule has 2 unspecified atom stereocenters. The van der Waals surface area contributed by atoms with Gasteiger partial charge in [-0.05, 0) is 35.5 Å². The van der Waals surface area contributed by atoms with Gasteiger partial charge in [-0.3, -0.25) is 9.59 Å². The molecule has 6 nitrogen and oxygen atoms in total. The van der Waals surface area contributed by atoms with E-state index < -0.39 is 12.1 Å². The number of benzene rings is 2. The average molecular weight is 483 g/mol. The highest BCUT2D eigenvalue weighted by Gasteiger charge is 2.67. The highest BCUT2D eigenvalue weighted by atomic mass is 32.2. The molecule has 3 heterocycles. The number of carbonyl (C=O) groups excluding carboxylic acids is 3. The van der Waals surface area contributed by atoms with Crippen LogP contribution in [0.2, 0.25) is 0 Å². The molecule has 3 atom stereocenters. The number of esters is 1. The van der Waals surface area contributed by atoms with Crippen molar-refractivity contribution in [2.75, 3.05) is 11.5 Å². The summed E-state index contributed by atoms with van der Waals surface area (Å²) in [7, 11) is 0. The number of amides is 2. The first-order valence-corrected chi connectivity index (χ1v) is 13.2. The van der Waals surface area contributed by atoms with E-state index in [2.05, 4.69) is 5.32 Å². The Morgan fingerprint density at radius 1 is 1.00 bits per heavy atom. The number of hydrogen-bond acceptors (Lipinski definition) is 6. The van der Waals surface area contributed by atoms with E-state index in [9.17, 15) is 14.4 Å². The molecule has 1 N–H and O–H groups in total. The zero-order chi connectivity index (χ0) is 22.8. The van der Waals surface area contributed by atoms with Gasteiger partial charge in [0.15, 0.2) is 0 Å². The van der Waals surface area contributed by atoms with E-state index in [-0.39, 0.29) is 40.9 Å². The summed E-state index contributed by atoms with van der Waals surface area (Å²) in [5, 5.41) is 2.69. The molecule has 0 radical (unpaired) electrons. The van der Waals surface area contributed by atoms with Gasteiger partial charge in [-0.1, -0.05) is 60.7 Å². The van der Waals surface area contributed by atoms with Gasteiger partial charge in [0.1, 0.15) is 24.1 Å². The predicted molar refractivity (Wildman–Crippen MR) is 130 cm³/mol. The second-order valence-corrected chi connectivity index (χ2v) is 11.4. The summed E-state index contributed by atoms with van der Waals surface area (Å²) in [5.41, 5.74) is 1.82. The molecule has 8 heteroatoms. The summed E-state index contributed by atoms with van der Waals surface area (Å²) in [4.78, 5) is 40.7. The maximum absolute atomic E-state index is 13.3. The van der Waals surface area contributed by atoms with Crippen LogP contribution in [0.4, 0.5) is 0 Å². The van der Waals surface area contributed by atoms with Crippen molar-refractivity contribution in [1.29, 1.82) is 0 Å². The van der Waals surface area contributed by atoms with Gasteiger partial charge in [-0.15, -0.1) is 11.8 Å². The van der Waals surface area contributed by atoms with E-state index >= 15 is 0 Å². The fourth-order valence-electron chi connectivity index (χ4n) is 4.83. The van der Waals surface area contributed by atoms with Crippen LogP contribution in [0.3, 0.4) is 0 Å². The fourth-order valence-corrected chi connectivity index (χ4v) is 8.23. The summed E-state index contributed by atoms with van der Waals surface area (Å²) in [5.74, 6) is 1.20. The molecule has 1 spiro atoms. The van der Waals surface area contributed by atoms with Crippen LogP contribution < -0.4 is 5.32 Å². The van der Waals surface area contributed by atoms with Crippen molar-refractivity contribution < 1.29 is 19.1 Å². The zero-order valence-corrected chi connectivity index (χ0v) is 19.8. The van der Waals surface area contributed by atoms with Gasteiger partial charge in [-0.25, -0.2) is 4.79 Å². The van der Waals surface area contributed by atoms with Crippen molar-refractivity contribution in [2.45, 2.75) is 48.1 Å². The van der Waals surface area contributed by atoms with E-state index in [4.69, 9.17) is 4.74 Å². The van der Waals surface area contributed by atoms with Crippen LogP contribution in [0, 0.1) is 0 Å². The van der Waals surface area contributed by atoms with E-state index in [1.165, 1.54) is 0 Å². The number of thioether (sulfide) groups is 2. The molecular weight excluding hydrogens is 456 g/mol. The smallest absolute Gasteiger partial charge is 0.330 e. The average Bonchev–Trinajstić information content (AvgIpc) is 3.13. The minimum atomic E-state index is -0.605. The van der Waals surface area contributed by atoms with Crippen LogP contribution in [0.5, 0.6) is 0 Å². The first-order chi connectivity index (χ1) is 16.1. The van der Waals surface area contributed by atoms with E-state index in [0.29, 0.717) is 0 Å². The summed E-state index contributed by atoms with van der Waals surface area (Å²) in [6, 6.07) is 17.9. The summed E-state index contributed by atoms with van der Waals surface area (Å²) in [6.45, 7) is 0.190. The van der Waals surface area contributed by atoms with Crippen molar-refractivity contribution in [2.24, 2.45) is 0 Å². The third-order valence-electron chi connectivity index (χ3n) is 6.52.